The van der Waals surface area contributed by atoms with E-state index in [-0.39, 0.29) is 0 Å². The fourth-order valence-corrected chi connectivity index (χ4v) is 2.29. The first-order valence-corrected chi connectivity index (χ1v) is 7.10. The molecule has 1 fully saturated rings. The number of aliphatic hydroxyl groups is 1. The molecule has 0 amide bonds. The molecule has 0 radical (unpaired) electrons. The van der Waals surface area contributed by atoms with Gasteiger partial charge in [0, 0.05) is 18.3 Å². The molecule has 15 heavy (non-hydrogen) atoms. The molecule has 0 aromatic heterocycles. The summed E-state index contributed by atoms with van der Waals surface area (Å²) in [6, 6.07) is 0. The Bertz CT molecular complexity index is 152. The lowest BCUT2D eigenvalue weighted by Gasteiger charge is -2.03. The average molecular weight is 252 g/mol. The maximum absolute atomic E-state index is 11.1. The highest BCUT2D eigenvalue weighted by molar-refractivity contribution is 8.13. The summed E-state index contributed by atoms with van der Waals surface area (Å²) < 4.78 is 0. The van der Waals surface area contributed by atoms with Crippen LogP contribution in [0.1, 0.15) is 39.5 Å². The minimum absolute atomic E-state index is 0.303. The molecule has 0 aromatic carbocycles. The molecule has 4 heteroatoms. The lowest BCUT2D eigenvalue weighted by atomic mass is 10.1. The molecule has 1 N–H and O–H groups in total. The van der Waals surface area contributed by atoms with Crippen molar-refractivity contribution in [1.29, 1.82) is 0 Å². The zero-order valence-electron chi connectivity index (χ0n) is 10.2. The van der Waals surface area contributed by atoms with Crippen molar-refractivity contribution >= 4 is 29.5 Å². The number of hydrogen-bond donors (Lipinski definition) is 2. The zero-order chi connectivity index (χ0) is 12.3. The number of carbonyl (C=O) groups excluding carboxylic acids is 1. The Balaban J connectivity index is 0. The van der Waals surface area contributed by atoms with Crippen LogP contribution in [-0.4, -0.2) is 28.8 Å². The molecule has 0 heterocycles. The molecule has 2 atom stereocenters. The van der Waals surface area contributed by atoms with Crippen LogP contribution in [-0.2, 0) is 4.79 Å². The van der Waals surface area contributed by atoms with Crippen LogP contribution < -0.4 is 0 Å². The number of carbonyl (C=O) groups is 1. The van der Waals surface area contributed by atoms with Gasteiger partial charge in [0.15, 0.2) is 5.12 Å². The van der Waals surface area contributed by atoms with Gasteiger partial charge in [-0.15, -0.1) is 0 Å². The fraction of sp³-hybridized carbons (Fsp3) is 0.909. The van der Waals surface area contributed by atoms with Crippen molar-refractivity contribution in [1.82, 2.24) is 0 Å². The minimum atomic E-state index is 0.303. The topological polar surface area (TPSA) is 37.3 Å². The van der Waals surface area contributed by atoms with E-state index in [1.54, 1.807) is 0 Å². The zero-order valence-corrected chi connectivity index (χ0v) is 11.9. The van der Waals surface area contributed by atoms with E-state index >= 15 is 0 Å². The molecular formula is C11H24O2S2. The Morgan fingerprint density at radius 1 is 1.40 bits per heavy atom. The molecular weight excluding hydrogens is 228 g/mol. The maximum atomic E-state index is 11.1. The van der Waals surface area contributed by atoms with Crippen molar-refractivity contribution < 1.29 is 9.90 Å². The Hall–Kier alpha value is 0.330. The highest BCUT2D eigenvalue weighted by atomic mass is 32.2. The molecule has 0 aliphatic heterocycles. The van der Waals surface area contributed by atoms with Crippen LogP contribution >= 0.6 is 24.4 Å². The standard InChI is InChI=1S/C7H12OS2.C3H8.CH4O/c1-10-7(8)5-2-3-6(9)4-5;1-3-2;1-2/h5-6,9H,2-4H2,1H3;3H2,1-2H3;2H,1H3. The third-order valence-electron chi connectivity index (χ3n) is 1.94. The summed E-state index contributed by atoms with van der Waals surface area (Å²) in [4.78, 5) is 11.1. The van der Waals surface area contributed by atoms with E-state index in [2.05, 4.69) is 26.5 Å². The smallest absolute Gasteiger partial charge is 0.191 e. The molecule has 0 bridgehead atoms. The largest absolute Gasteiger partial charge is 0.400 e. The van der Waals surface area contributed by atoms with Crippen molar-refractivity contribution in [2.24, 2.45) is 5.92 Å². The van der Waals surface area contributed by atoms with Gasteiger partial charge in [-0.2, -0.15) is 12.6 Å². The van der Waals surface area contributed by atoms with Gasteiger partial charge >= 0.3 is 0 Å². The number of thioether (sulfide) groups is 1. The Labute approximate surface area is 104 Å². The lowest BCUT2D eigenvalue weighted by molar-refractivity contribution is -0.114. The summed E-state index contributed by atoms with van der Waals surface area (Å²) in [6.07, 6.45) is 6.25. The number of hydrogen-bond acceptors (Lipinski definition) is 4. The second-order valence-corrected chi connectivity index (χ2v) is 4.93. The fourth-order valence-electron chi connectivity index (χ4n) is 1.34. The normalized spacial score (nSPS) is 23.3. The lowest BCUT2D eigenvalue weighted by Crippen LogP contribution is -2.06. The molecule has 1 rings (SSSR count). The first kappa shape index (κ1) is 17.7. The predicted octanol–water partition coefficient (Wildman–Crippen LogP) is 3.00. The average Bonchev–Trinajstić information content (AvgIpc) is 2.68. The summed E-state index contributed by atoms with van der Waals surface area (Å²) in [5.41, 5.74) is 0. The first-order valence-electron chi connectivity index (χ1n) is 5.36. The van der Waals surface area contributed by atoms with Crippen molar-refractivity contribution in [3.8, 4) is 0 Å². The van der Waals surface area contributed by atoms with Crippen LogP contribution in [0.4, 0.5) is 0 Å². The third kappa shape index (κ3) is 9.27. The second-order valence-electron chi connectivity index (χ2n) is 3.39. The Morgan fingerprint density at radius 3 is 2.13 bits per heavy atom. The minimum Gasteiger partial charge on any atom is -0.400 e. The van der Waals surface area contributed by atoms with Crippen molar-refractivity contribution in [3.05, 3.63) is 0 Å². The second kappa shape index (κ2) is 12.4. The molecule has 0 saturated heterocycles. The molecule has 1 saturated carbocycles. The molecule has 1 aliphatic rings. The summed E-state index contributed by atoms with van der Waals surface area (Å²) in [5, 5.41) is 7.82. The van der Waals surface area contributed by atoms with Crippen molar-refractivity contribution in [2.75, 3.05) is 13.4 Å². The summed E-state index contributed by atoms with van der Waals surface area (Å²) in [7, 11) is 1.00. The monoisotopic (exact) mass is 252 g/mol. The van der Waals surface area contributed by atoms with Gasteiger partial charge in [0.1, 0.15) is 0 Å². The van der Waals surface area contributed by atoms with E-state index in [0.29, 0.717) is 16.3 Å². The van der Waals surface area contributed by atoms with Crippen molar-refractivity contribution in [2.45, 2.75) is 44.8 Å². The third-order valence-corrected chi connectivity index (χ3v) is 3.14. The van der Waals surface area contributed by atoms with Crippen LogP contribution in [0.2, 0.25) is 0 Å². The number of thiol groups is 1. The maximum Gasteiger partial charge on any atom is 0.191 e. The van der Waals surface area contributed by atoms with Crippen LogP contribution in [0.3, 0.4) is 0 Å². The van der Waals surface area contributed by atoms with Gasteiger partial charge in [0.05, 0.1) is 0 Å². The van der Waals surface area contributed by atoms with Gasteiger partial charge in [0.2, 0.25) is 0 Å². The highest BCUT2D eigenvalue weighted by Gasteiger charge is 2.26. The van der Waals surface area contributed by atoms with Crippen LogP contribution in [0.15, 0.2) is 0 Å². The van der Waals surface area contributed by atoms with E-state index in [0.717, 1.165) is 26.4 Å². The summed E-state index contributed by atoms with van der Waals surface area (Å²) >= 11 is 5.67. The quantitative estimate of drug-likeness (QED) is 0.705. The van der Waals surface area contributed by atoms with E-state index in [1.165, 1.54) is 18.2 Å². The molecule has 2 unspecified atom stereocenters. The Morgan fingerprint density at radius 2 is 1.87 bits per heavy atom. The number of aliphatic hydroxyl groups excluding tert-OH is 1. The van der Waals surface area contributed by atoms with Gasteiger partial charge in [-0.1, -0.05) is 32.0 Å². The molecule has 2 nitrogen and oxygen atoms in total. The van der Waals surface area contributed by atoms with Crippen LogP contribution in [0.25, 0.3) is 0 Å². The predicted molar refractivity (Wildman–Crippen MR) is 72.7 cm³/mol. The SMILES string of the molecule is CCC.CO.CSC(=O)C1CCC(S)C1. The highest BCUT2D eigenvalue weighted by Crippen LogP contribution is 2.31. The van der Waals surface area contributed by atoms with E-state index in [4.69, 9.17) is 5.11 Å². The van der Waals surface area contributed by atoms with Crippen molar-refractivity contribution in [3.63, 3.8) is 0 Å². The summed E-state index contributed by atoms with van der Waals surface area (Å²) in [6.45, 7) is 4.25. The molecule has 0 spiro atoms. The molecule has 92 valence electrons. The van der Waals surface area contributed by atoms with Gasteiger partial charge in [0.25, 0.3) is 0 Å². The van der Waals surface area contributed by atoms with Gasteiger partial charge in [-0.05, 0) is 25.5 Å². The first-order chi connectivity index (χ1) is 7.15. The molecule has 1 aliphatic carbocycles. The van der Waals surface area contributed by atoms with Gasteiger partial charge < -0.3 is 5.11 Å². The van der Waals surface area contributed by atoms with Gasteiger partial charge in [-0.3, -0.25) is 4.79 Å². The Kier molecular flexibility index (Phi) is 14.6. The van der Waals surface area contributed by atoms with E-state index in [9.17, 15) is 4.79 Å². The van der Waals surface area contributed by atoms with Crippen LogP contribution in [0.5, 0.6) is 0 Å². The summed E-state index contributed by atoms with van der Waals surface area (Å²) in [5.74, 6) is 0.303. The van der Waals surface area contributed by atoms with Crippen LogP contribution in [0, 0.1) is 5.92 Å². The van der Waals surface area contributed by atoms with E-state index in [1.807, 2.05) is 6.26 Å². The number of rotatable bonds is 1. The van der Waals surface area contributed by atoms with E-state index < -0.39 is 0 Å². The van der Waals surface area contributed by atoms with Gasteiger partial charge in [-0.25, -0.2) is 0 Å². The molecule has 0 aromatic rings.